The topological polar surface area (TPSA) is 41.6 Å². The van der Waals surface area contributed by atoms with E-state index in [0.29, 0.717) is 0 Å². The molecule has 0 aliphatic carbocycles. The molecule has 2 saturated heterocycles. The minimum absolute atomic E-state index is 0.141. The summed E-state index contributed by atoms with van der Waals surface area (Å²) in [6.07, 6.45) is 1.80. The summed E-state index contributed by atoms with van der Waals surface area (Å²) in [5, 5.41) is 3.23. The molecule has 0 bridgehead atoms. The van der Waals surface area contributed by atoms with E-state index in [-0.39, 0.29) is 12.0 Å². The molecule has 0 aromatic heterocycles. The zero-order valence-electron chi connectivity index (χ0n) is 7.79. The van der Waals surface area contributed by atoms with Crippen LogP contribution in [0.4, 0.5) is 0 Å². The number of hydrogen-bond donors (Lipinski definition) is 1. The first kappa shape index (κ1) is 8.97. The number of amides is 1. The van der Waals surface area contributed by atoms with Gasteiger partial charge in [-0.1, -0.05) is 0 Å². The number of nitrogens with zero attached hydrogens (tertiary/aromatic N) is 1. The highest BCUT2D eigenvalue weighted by molar-refractivity contribution is 5.81. The average Bonchev–Trinajstić information content (AvgIpc) is 2.71. The Morgan fingerprint density at radius 2 is 2.15 bits per heavy atom. The zero-order valence-corrected chi connectivity index (χ0v) is 7.79. The second-order valence-corrected chi connectivity index (χ2v) is 3.58. The second kappa shape index (κ2) is 4.07. The summed E-state index contributed by atoms with van der Waals surface area (Å²) < 4.78 is 5.36. The van der Waals surface area contributed by atoms with E-state index in [1.54, 1.807) is 0 Å². The molecule has 4 heteroatoms. The number of hydrogen-bond acceptors (Lipinski definition) is 3. The van der Waals surface area contributed by atoms with Gasteiger partial charge in [0.1, 0.15) is 6.10 Å². The maximum absolute atomic E-state index is 11.8. The highest BCUT2D eigenvalue weighted by Crippen LogP contribution is 2.14. The van der Waals surface area contributed by atoms with Crippen molar-refractivity contribution in [3.05, 3.63) is 0 Å². The first-order chi connectivity index (χ1) is 6.38. The summed E-state index contributed by atoms with van der Waals surface area (Å²) in [6.45, 7) is 4.25. The molecule has 0 spiro atoms. The molecule has 1 atom stereocenters. The Hall–Kier alpha value is -0.610. The smallest absolute Gasteiger partial charge is 0.251 e. The second-order valence-electron chi connectivity index (χ2n) is 3.58. The van der Waals surface area contributed by atoms with Crippen molar-refractivity contribution in [2.24, 2.45) is 0 Å². The Labute approximate surface area is 78.2 Å². The normalized spacial score (nSPS) is 29.2. The summed E-state index contributed by atoms with van der Waals surface area (Å²) in [5.41, 5.74) is 0. The van der Waals surface area contributed by atoms with Gasteiger partial charge in [0.05, 0.1) is 0 Å². The van der Waals surface area contributed by atoms with Crippen LogP contribution in [-0.4, -0.2) is 49.7 Å². The maximum Gasteiger partial charge on any atom is 0.251 e. The van der Waals surface area contributed by atoms with Crippen LogP contribution >= 0.6 is 0 Å². The molecule has 2 heterocycles. The molecule has 0 saturated carbocycles. The third-order valence-electron chi connectivity index (χ3n) is 2.63. The highest BCUT2D eigenvalue weighted by atomic mass is 16.5. The molecule has 0 aromatic carbocycles. The van der Waals surface area contributed by atoms with Gasteiger partial charge in [0.25, 0.3) is 5.91 Å². The molecule has 1 N–H and O–H groups in total. The standard InChI is InChI=1S/C9H16N2O2/c12-9(8-2-1-7-13-8)11-5-3-10-4-6-11/h8,10H,1-7H2/t8-/m0/s1. The fourth-order valence-electron chi connectivity index (χ4n) is 1.86. The van der Waals surface area contributed by atoms with Gasteiger partial charge in [-0.15, -0.1) is 0 Å². The molecule has 4 nitrogen and oxygen atoms in total. The van der Waals surface area contributed by atoms with Gasteiger partial charge in [-0.05, 0) is 12.8 Å². The summed E-state index contributed by atoms with van der Waals surface area (Å²) >= 11 is 0. The summed E-state index contributed by atoms with van der Waals surface area (Å²) in [4.78, 5) is 13.7. The lowest BCUT2D eigenvalue weighted by molar-refractivity contribution is -0.141. The number of nitrogens with one attached hydrogen (secondary N) is 1. The van der Waals surface area contributed by atoms with E-state index in [2.05, 4.69) is 5.32 Å². The van der Waals surface area contributed by atoms with Gasteiger partial charge in [-0.25, -0.2) is 0 Å². The first-order valence-corrected chi connectivity index (χ1v) is 4.99. The van der Waals surface area contributed by atoms with Crippen LogP contribution < -0.4 is 5.32 Å². The van der Waals surface area contributed by atoms with Crippen molar-refractivity contribution in [2.75, 3.05) is 32.8 Å². The monoisotopic (exact) mass is 184 g/mol. The van der Waals surface area contributed by atoms with E-state index in [9.17, 15) is 4.79 Å². The van der Waals surface area contributed by atoms with E-state index >= 15 is 0 Å². The molecule has 2 rings (SSSR count). The van der Waals surface area contributed by atoms with E-state index in [4.69, 9.17) is 4.74 Å². The largest absolute Gasteiger partial charge is 0.368 e. The maximum atomic E-state index is 11.8. The van der Waals surface area contributed by atoms with Crippen molar-refractivity contribution in [2.45, 2.75) is 18.9 Å². The number of ether oxygens (including phenoxy) is 1. The molecule has 13 heavy (non-hydrogen) atoms. The Kier molecular flexibility index (Phi) is 2.80. The lowest BCUT2D eigenvalue weighted by atomic mass is 10.2. The van der Waals surface area contributed by atoms with Crippen molar-refractivity contribution in [3.8, 4) is 0 Å². The van der Waals surface area contributed by atoms with Gasteiger partial charge >= 0.3 is 0 Å². The van der Waals surface area contributed by atoms with Gasteiger partial charge < -0.3 is 15.0 Å². The number of carbonyl (C=O) groups is 1. The molecule has 2 fully saturated rings. The zero-order chi connectivity index (χ0) is 9.10. The molecular formula is C9H16N2O2. The number of carbonyl (C=O) groups excluding carboxylic acids is 1. The molecular weight excluding hydrogens is 168 g/mol. The van der Waals surface area contributed by atoms with Gasteiger partial charge in [-0.3, -0.25) is 4.79 Å². The summed E-state index contributed by atoms with van der Waals surface area (Å²) in [7, 11) is 0. The fraction of sp³-hybridized carbons (Fsp3) is 0.889. The minimum Gasteiger partial charge on any atom is -0.368 e. The quantitative estimate of drug-likeness (QED) is 0.603. The number of piperazine rings is 1. The lowest BCUT2D eigenvalue weighted by Gasteiger charge is -2.29. The molecule has 0 aromatic rings. The van der Waals surface area contributed by atoms with Crippen LogP contribution in [0.3, 0.4) is 0 Å². The van der Waals surface area contributed by atoms with Crippen LogP contribution in [0.1, 0.15) is 12.8 Å². The molecule has 0 radical (unpaired) electrons. The van der Waals surface area contributed by atoms with Gasteiger partial charge in [-0.2, -0.15) is 0 Å². The molecule has 2 aliphatic heterocycles. The van der Waals surface area contributed by atoms with E-state index in [1.165, 1.54) is 0 Å². The third kappa shape index (κ3) is 2.00. The fourth-order valence-corrected chi connectivity index (χ4v) is 1.86. The Morgan fingerprint density at radius 1 is 1.38 bits per heavy atom. The van der Waals surface area contributed by atoms with Crippen LogP contribution in [0.2, 0.25) is 0 Å². The van der Waals surface area contributed by atoms with Gasteiger partial charge in [0.15, 0.2) is 0 Å². The molecule has 1 amide bonds. The molecule has 0 unspecified atom stereocenters. The average molecular weight is 184 g/mol. The van der Waals surface area contributed by atoms with Crippen LogP contribution in [0.25, 0.3) is 0 Å². The van der Waals surface area contributed by atoms with E-state index in [0.717, 1.165) is 45.6 Å². The van der Waals surface area contributed by atoms with Crippen molar-refractivity contribution in [1.29, 1.82) is 0 Å². The lowest BCUT2D eigenvalue weighted by Crippen LogP contribution is -2.49. The van der Waals surface area contributed by atoms with Crippen LogP contribution in [-0.2, 0) is 9.53 Å². The highest BCUT2D eigenvalue weighted by Gasteiger charge is 2.28. The van der Waals surface area contributed by atoms with Gasteiger partial charge in [0, 0.05) is 32.8 Å². The van der Waals surface area contributed by atoms with Crippen molar-refractivity contribution in [3.63, 3.8) is 0 Å². The summed E-state index contributed by atoms with van der Waals surface area (Å²) in [5.74, 6) is 0.194. The predicted molar refractivity (Wildman–Crippen MR) is 48.4 cm³/mol. The predicted octanol–water partition coefficient (Wildman–Crippen LogP) is -0.403. The van der Waals surface area contributed by atoms with Crippen molar-refractivity contribution < 1.29 is 9.53 Å². The third-order valence-corrected chi connectivity index (χ3v) is 2.63. The SMILES string of the molecule is O=C([C@@H]1CCCO1)N1CCNCC1. The minimum atomic E-state index is -0.141. The Bertz CT molecular complexity index is 184. The van der Waals surface area contributed by atoms with Gasteiger partial charge in [0.2, 0.25) is 0 Å². The van der Waals surface area contributed by atoms with Crippen LogP contribution in [0, 0.1) is 0 Å². The van der Waals surface area contributed by atoms with Crippen LogP contribution in [0.5, 0.6) is 0 Å². The molecule has 74 valence electrons. The Balaban J connectivity index is 1.87. The van der Waals surface area contributed by atoms with E-state index in [1.807, 2.05) is 4.90 Å². The van der Waals surface area contributed by atoms with Crippen LogP contribution in [0.15, 0.2) is 0 Å². The number of rotatable bonds is 1. The van der Waals surface area contributed by atoms with Crippen molar-refractivity contribution >= 4 is 5.91 Å². The Morgan fingerprint density at radius 3 is 2.77 bits per heavy atom. The molecule has 2 aliphatic rings. The first-order valence-electron chi connectivity index (χ1n) is 4.99. The summed E-state index contributed by atoms with van der Waals surface area (Å²) in [6, 6.07) is 0. The van der Waals surface area contributed by atoms with Crippen molar-refractivity contribution in [1.82, 2.24) is 10.2 Å². The van der Waals surface area contributed by atoms with E-state index < -0.39 is 0 Å².